The molecule has 0 saturated heterocycles. The summed E-state index contributed by atoms with van der Waals surface area (Å²) in [5.74, 6) is -0.509. The first kappa shape index (κ1) is 49.0. The van der Waals surface area contributed by atoms with Crippen molar-refractivity contribution in [1.29, 1.82) is 0 Å². The molecule has 0 saturated carbocycles. The van der Waals surface area contributed by atoms with Gasteiger partial charge in [-0.05, 0) is 44.9 Å². The molecule has 0 aromatic carbocycles. The Morgan fingerprint density at radius 3 is 1.24 bits per heavy atom. The molecule has 0 aliphatic carbocycles. The average Bonchev–Trinajstić information content (AvgIpc) is 3.12. The summed E-state index contributed by atoms with van der Waals surface area (Å²) in [4.78, 5) is 12.5. The highest BCUT2D eigenvalue weighted by atomic mass is 16.3. The molecule has 0 aromatic heterocycles. The standard InChI is InChI=1S/C44H87NO5/c1-3-5-7-9-11-13-15-17-18-19-20-21-22-23-24-25-27-29-31-33-35-37-42(48)44(50)45-40(39-46)38-43(49)41(47)36-34-32-30-28-26-16-14-12-10-8-6-4-2/h28,30,40-43,46-49H,3-27,29,31-39H2,1-2H3,(H,45,50). The number of carbonyl (C=O) groups excluding carboxylic acids is 1. The van der Waals surface area contributed by atoms with Crippen LogP contribution in [0.2, 0.25) is 0 Å². The molecule has 0 aliphatic heterocycles. The number of amides is 1. The van der Waals surface area contributed by atoms with Gasteiger partial charge in [0.25, 0.3) is 0 Å². The summed E-state index contributed by atoms with van der Waals surface area (Å²) in [7, 11) is 0. The van der Waals surface area contributed by atoms with E-state index in [1.807, 2.05) is 0 Å². The lowest BCUT2D eigenvalue weighted by Crippen LogP contribution is -2.46. The highest BCUT2D eigenvalue weighted by Gasteiger charge is 2.24. The second-order valence-corrected chi connectivity index (χ2v) is 15.4. The Morgan fingerprint density at radius 1 is 0.480 bits per heavy atom. The third-order valence-electron chi connectivity index (χ3n) is 10.4. The van der Waals surface area contributed by atoms with Gasteiger partial charge in [0.05, 0.1) is 24.9 Å². The van der Waals surface area contributed by atoms with Gasteiger partial charge in [-0.15, -0.1) is 0 Å². The summed E-state index contributed by atoms with van der Waals surface area (Å²) in [5, 5.41) is 43.6. The molecule has 0 fully saturated rings. The van der Waals surface area contributed by atoms with Crippen LogP contribution in [0.15, 0.2) is 12.2 Å². The molecule has 298 valence electrons. The molecule has 0 radical (unpaired) electrons. The van der Waals surface area contributed by atoms with E-state index in [0.717, 1.165) is 38.5 Å². The van der Waals surface area contributed by atoms with Gasteiger partial charge in [0.1, 0.15) is 6.10 Å². The van der Waals surface area contributed by atoms with E-state index < -0.39 is 30.3 Å². The normalized spacial score (nSPS) is 14.3. The molecule has 0 heterocycles. The molecule has 0 bridgehead atoms. The van der Waals surface area contributed by atoms with Crippen molar-refractivity contribution in [3.8, 4) is 0 Å². The summed E-state index contributed by atoms with van der Waals surface area (Å²) in [6, 6.07) is -0.691. The molecule has 6 heteroatoms. The van der Waals surface area contributed by atoms with Crippen molar-refractivity contribution in [1.82, 2.24) is 5.32 Å². The maximum Gasteiger partial charge on any atom is 0.249 e. The number of allylic oxidation sites excluding steroid dienone is 2. The lowest BCUT2D eigenvalue weighted by atomic mass is 10.00. The van der Waals surface area contributed by atoms with Crippen LogP contribution in [0.3, 0.4) is 0 Å². The summed E-state index contributed by atoms with van der Waals surface area (Å²) in [6.45, 7) is 4.18. The third kappa shape index (κ3) is 34.2. The van der Waals surface area contributed by atoms with Gasteiger partial charge in [-0.3, -0.25) is 4.79 Å². The number of unbranched alkanes of at least 4 members (excludes halogenated alkanes) is 28. The van der Waals surface area contributed by atoms with Crippen LogP contribution in [0.5, 0.6) is 0 Å². The summed E-state index contributed by atoms with van der Waals surface area (Å²) in [6.07, 6.45) is 42.0. The van der Waals surface area contributed by atoms with Gasteiger partial charge in [0.15, 0.2) is 0 Å². The second-order valence-electron chi connectivity index (χ2n) is 15.4. The Labute approximate surface area is 311 Å². The van der Waals surface area contributed by atoms with Crippen LogP contribution >= 0.6 is 0 Å². The molecule has 50 heavy (non-hydrogen) atoms. The van der Waals surface area contributed by atoms with Crippen LogP contribution in [-0.2, 0) is 4.79 Å². The van der Waals surface area contributed by atoms with Crippen molar-refractivity contribution in [3.05, 3.63) is 12.2 Å². The van der Waals surface area contributed by atoms with E-state index in [1.54, 1.807) is 0 Å². The fraction of sp³-hybridized carbons (Fsp3) is 0.932. The van der Waals surface area contributed by atoms with Crippen LogP contribution in [0.25, 0.3) is 0 Å². The molecule has 0 spiro atoms. The van der Waals surface area contributed by atoms with Gasteiger partial charge in [-0.25, -0.2) is 0 Å². The number of aliphatic hydroxyl groups is 4. The van der Waals surface area contributed by atoms with Gasteiger partial charge in [0.2, 0.25) is 5.91 Å². The maximum atomic E-state index is 12.5. The molecule has 0 aliphatic rings. The Morgan fingerprint density at radius 2 is 0.840 bits per heavy atom. The Balaban J connectivity index is 3.69. The summed E-state index contributed by atoms with van der Waals surface area (Å²) < 4.78 is 0. The van der Waals surface area contributed by atoms with Crippen molar-refractivity contribution in [2.75, 3.05) is 6.61 Å². The van der Waals surface area contributed by atoms with Crippen molar-refractivity contribution in [3.63, 3.8) is 0 Å². The van der Waals surface area contributed by atoms with Crippen molar-refractivity contribution in [2.24, 2.45) is 0 Å². The SMILES string of the molecule is CCCCCCCCCC=CCCCC(O)C(O)CC(CO)NC(=O)C(O)CCCCCCCCCCCCCCCCCCCCCCC. The van der Waals surface area contributed by atoms with Crippen molar-refractivity contribution in [2.45, 2.75) is 257 Å². The largest absolute Gasteiger partial charge is 0.394 e. The van der Waals surface area contributed by atoms with Crippen LogP contribution in [0.1, 0.15) is 232 Å². The van der Waals surface area contributed by atoms with E-state index in [1.165, 1.54) is 161 Å². The second kappa shape index (κ2) is 39.3. The summed E-state index contributed by atoms with van der Waals surface area (Å²) in [5.41, 5.74) is 0. The molecular weight excluding hydrogens is 622 g/mol. The fourth-order valence-corrected chi connectivity index (χ4v) is 6.92. The fourth-order valence-electron chi connectivity index (χ4n) is 6.92. The number of rotatable bonds is 40. The predicted molar refractivity (Wildman–Crippen MR) is 215 cm³/mol. The lowest BCUT2D eigenvalue weighted by molar-refractivity contribution is -0.131. The maximum absolute atomic E-state index is 12.5. The Hall–Kier alpha value is -0.950. The first-order valence-corrected chi connectivity index (χ1v) is 22.1. The number of nitrogens with one attached hydrogen (secondary N) is 1. The van der Waals surface area contributed by atoms with Crippen molar-refractivity contribution >= 4 is 5.91 Å². The molecule has 1 amide bonds. The van der Waals surface area contributed by atoms with Crippen molar-refractivity contribution < 1.29 is 25.2 Å². The highest BCUT2D eigenvalue weighted by molar-refractivity contribution is 5.80. The summed E-state index contributed by atoms with van der Waals surface area (Å²) >= 11 is 0. The van der Waals surface area contributed by atoms with Crippen LogP contribution in [0, 0.1) is 0 Å². The third-order valence-corrected chi connectivity index (χ3v) is 10.4. The molecular formula is C44H87NO5. The zero-order valence-corrected chi connectivity index (χ0v) is 33.4. The molecule has 6 nitrogen and oxygen atoms in total. The molecule has 5 N–H and O–H groups in total. The molecule has 4 unspecified atom stereocenters. The smallest absolute Gasteiger partial charge is 0.249 e. The van der Waals surface area contributed by atoms with Gasteiger partial charge in [-0.1, -0.05) is 199 Å². The van der Waals surface area contributed by atoms with Gasteiger partial charge in [0, 0.05) is 0 Å². The monoisotopic (exact) mass is 710 g/mol. The lowest BCUT2D eigenvalue weighted by Gasteiger charge is -2.24. The average molecular weight is 710 g/mol. The highest BCUT2D eigenvalue weighted by Crippen LogP contribution is 2.16. The number of hydrogen-bond acceptors (Lipinski definition) is 5. The molecule has 4 atom stereocenters. The quantitative estimate of drug-likeness (QED) is 0.0321. The van der Waals surface area contributed by atoms with Gasteiger partial charge < -0.3 is 25.7 Å². The first-order valence-electron chi connectivity index (χ1n) is 22.1. The van der Waals surface area contributed by atoms with Crippen LogP contribution < -0.4 is 5.32 Å². The van der Waals surface area contributed by atoms with Crippen LogP contribution in [0.4, 0.5) is 0 Å². The molecule has 0 aromatic rings. The minimum Gasteiger partial charge on any atom is -0.394 e. The van der Waals surface area contributed by atoms with E-state index in [-0.39, 0.29) is 13.0 Å². The first-order chi connectivity index (χ1) is 24.5. The Kier molecular flexibility index (Phi) is 38.5. The van der Waals surface area contributed by atoms with E-state index in [9.17, 15) is 25.2 Å². The van der Waals surface area contributed by atoms with E-state index in [4.69, 9.17) is 0 Å². The van der Waals surface area contributed by atoms with Crippen LogP contribution in [-0.4, -0.2) is 57.3 Å². The van der Waals surface area contributed by atoms with E-state index >= 15 is 0 Å². The zero-order valence-electron chi connectivity index (χ0n) is 33.4. The minimum atomic E-state index is -1.11. The van der Waals surface area contributed by atoms with E-state index in [2.05, 4.69) is 31.3 Å². The Bertz CT molecular complexity index is 717. The zero-order chi connectivity index (χ0) is 36.8. The van der Waals surface area contributed by atoms with E-state index in [0.29, 0.717) is 12.8 Å². The predicted octanol–water partition coefficient (Wildman–Crippen LogP) is 11.4. The number of carbonyl (C=O) groups is 1. The van der Waals surface area contributed by atoms with Gasteiger partial charge >= 0.3 is 0 Å². The molecule has 0 rings (SSSR count). The van der Waals surface area contributed by atoms with Gasteiger partial charge in [-0.2, -0.15) is 0 Å². The number of aliphatic hydroxyl groups excluding tert-OH is 4. The number of hydrogen-bond donors (Lipinski definition) is 5. The topological polar surface area (TPSA) is 110 Å². The minimum absolute atomic E-state index is 0.0591.